The smallest absolute Gasteiger partial charge is 0.407 e. The minimum absolute atomic E-state index is 0.0869. The molecule has 152 valence electrons. The van der Waals surface area contributed by atoms with Crippen molar-refractivity contribution in [3.8, 4) is 11.1 Å². The number of carbonyl (C=O) groups is 3. The van der Waals surface area contributed by atoms with Crippen LogP contribution in [0.3, 0.4) is 0 Å². The lowest BCUT2D eigenvalue weighted by molar-refractivity contribution is -0.139. The number of carboxylic acid groups (broad SMARTS) is 1. The number of nitrogens with one attached hydrogen (secondary N) is 2. The largest absolute Gasteiger partial charge is 0.480 e. The Morgan fingerprint density at radius 2 is 1.62 bits per heavy atom. The van der Waals surface area contributed by atoms with Gasteiger partial charge in [-0.05, 0) is 35.1 Å². The molecule has 2 aromatic rings. The van der Waals surface area contributed by atoms with Crippen molar-refractivity contribution in [1.82, 2.24) is 10.6 Å². The van der Waals surface area contributed by atoms with E-state index in [9.17, 15) is 19.5 Å². The maximum absolute atomic E-state index is 12.2. The minimum atomic E-state index is -1.14. The molecule has 0 saturated heterocycles. The fraction of sp³-hybridized carbons (Fsp3) is 0.318. The molecule has 0 aliphatic heterocycles. The fourth-order valence-electron chi connectivity index (χ4n) is 3.61. The van der Waals surface area contributed by atoms with Gasteiger partial charge in [0.1, 0.15) is 12.6 Å². The first-order chi connectivity index (χ1) is 14.0. The molecule has 2 aromatic carbocycles. The molecule has 0 radical (unpaired) electrons. The van der Waals surface area contributed by atoms with Gasteiger partial charge in [0.2, 0.25) is 5.91 Å². The lowest BCUT2D eigenvalue weighted by atomic mass is 9.98. The summed E-state index contributed by atoms with van der Waals surface area (Å²) in [6.45, 7) is 1.87. The van der Waals surface area contributed by atoms with Gasteiger partial charge >= 0.3 is 12.1 Å². The van der Waals surface area contributed by atoms with E-state index in [1.54, 1.807) is 0 Å². The second-order valence-electron chi connectivity index (χ2n) is 6.99. The number of hydrogen-bond acceptors (Lipinski definition) is 4. The number of carboxylic acids is 1. The Kier molecular flexibility index (Phi) is 6.49. The third-order valence-electron chi connectivity index (χ3n) is 4.98. The van der Waals surface area contributed by atoms with Gasteiger partial charge in [-0.1, -0.05) is 48.5 Å². The van der Waals surface area contributed by atoms with E-state index in [1.165, 1.54) is 6.92 Å². The van der Waals surface area contributed by atoms with Gasteiger partial charge in [0.05, 0.1) is 0 Å². The average molecular weight is 396 g/mol. The number of amides is 2. The minimum Gasteiger partial charge on any atom is -0.480 e. The van der Waals surface area contributed by atoms with Crippen LogP contribution in [0.15, 0.2) is 48.5 Å². The molecule has 7 nitrogen and oxygen atoms in total. The maximum atomic E-state index is 12.2. The van der Waals surface area contributed by atoms with Crippen molar-refractivity contribution < 1.29 is 24.2 Å². The summed E-state index contributed by atoms with van der Waals surface area (Å²) in [5.74, 6) is -1.40. The first-order valence-electron chi connectivity index (χ1n) is 9.56. The van der Waals surface area contributed by atoms with E-state index in [0.29, 0.717) is 13.0 Å². The molecule has 29 heavy (non-hydrogen) atoms. The van der Waals surface area contributed by atoms with Crippen LogP contribution in [0, 0.1) is 0 Å². The van der Waals surface area contributed by atoms with E-state index in [0.717, 1.165) is 22.3 Å². The van der Waals surface area contributed by atoms with Crippen LogP contribution in [0.2, 0.25) is 0 Å². The highest BCUT2D eigenvalue weighted by Crippen LogP contribution is 2.44. The molecule has 3 N–H and O–H groups in total. The van der Waals surface area contributed by atoms with Gasteiger partial charge in [0.25, 0.3) is 0 Å². The molecule has 1 aliphatic carbocycles. The molecule has 1 aliphatic rings. The predicted octanol–water partition coefficient (Wildman–Crippen LogP) is 2.89. The van der Waals surface area contributed by atoms with Gasteiger partial charge in [0.15, 0.2) is 0 Å². The Hall–Kier alpha value is -3.35. The van der Waals surface area contributed by atoms with Crippen molar-refractivity contribution >= 4 is 18.0 Å². The fourth-order valence-corrected chi connectivity index (χ4v) is 3.61. The number of rotatable bonds is 8. The molecule has 0 heterocycles. The molecular weight excluding hydrogens is 372 g/mol. The number of benzene rings is 2. The average Bonchev–Trinajstić information content (AvgIpc) is 3.02. The Labute approximate surface area is 169 Å². The van der Waals surface area contributed by atoms with Crippen LogP contribution in [-0.4, -0.2) is 42.3 Å². The molecular formula is C22H24N2O5. The Morgan fingerprint density at radius 3 is 2.17 bits per heavy atom. The van der Waals surface area contributed by atoms with E-state index in [-0.39, 0.29) is 24.9 Å². The third kappa shape index (κ3) is 4.93. The topological polar surface area (TPSA) is 105 Å². The first kappa shape index (κ1) is 20.4. The highest BCUT2D eigenvalue weighted by Gasteiger charge is 2.29. The molecule has 0 bridgehead atoms. The van der Waals surface area contributed by atoms with Crippen molar-refractivity contribution in [3.63, 3.8) is 0 Å². The Balaban J connectivity index is 1.58. The summed E-state index contributed by atoms with van der Waals surface area (Å²) >= 11 is 0. The van der Waals surface area contributed by atoms with Gasteiger partial charge in [0, 0.05) is 19.4 Å². The van der Waals surface area contributed by atoms with Gasteiger partial charge in [-0.3, -0.25) is 4.79 Å². The van der Waals surface area contributed by atoms with E-state index < -0.39 is 18.1 Å². The Bertz CT molecular complexity index is 866. The summed E-state index contributed by atoms with van der Waals surface area (Å²) < 4.78 is 5.38. The molecule has 0 saturated carbocycles. The normalized spacial score (nSPS) is 13.1. The zero-order valence-corrected chi connectivity index (χ0v) is 16.2. The second kappa shape index (κ2) is 9.23. The summed E-state index contributed by atoms with van der Waals surface area (Å²) in [5, 5.41) is 14.3. The predicted molar refractivity (Wildman–Crippen MR) is 108 cm³/mol. The molecule has 0 unspecified atom stereocenters. The summed E-state index contributed by atoms with van der Waals surface area (Å²) in [6, 6.07) is 14.9. The molecule has 0 fully saturated rings. The van der Waals surface area contributed by atoms with Crippen LogP contribution in [0.5, 0.6) is 0 Å². The highest BCUT2D eigenvalue weighted by molar-refractivity contribution is 5.81. The van der Waals surface area contributed by atoms with Gasteiger partial charge in [-0.15, -0.1) is 0 Å². The standard InChI is InChI=1S/C22H24N2O5/c1-14(25)23-12-6-11-20(21(26)27)24-22(28)29-13-19-17-9-4-2-7-15(17)16-8-3-5-10-18(16)19/h2-5,7-10,19-20H,6,11-13H2,1H3,(H,23,25)(H,24,28)(H,26,27)/t20-/m1/s1. The van der Waals surface area contributed by atoms with E-state index in [4.69, 9.17) is 4.74 Å². The zero-order valence-electron chi connectivity index (χ0n) is 16.2. The molecule has 2 amide bonds. The monoisotopic (exact) mass is 396 g/mol. The molecule has 0 aromatic heterocycles. The molecule has 3 rings (SSSR count). The van der Waals surface area contributed by atoms with Gasteiger partial charge in [-0.2, -0.15) is 0 Å². The van der Waals surface area contributed by atoms with Crippen LogP contribution in [0.25, 0.3) is 11.1 Å². The van der Waals surface area contributed by atoms with Gasteiger partial charge < -0.3 is 20.5 Å². The van der Waals surface area contributed by atoms with Crippen molar-refractivity contribution in [1.29, 1.82) is 0 Å². The SMILES string of the molecule is CC(=O)NCCC[C@@H](NC(=O)OCC1c2ccccc2-c2ccccc21)C(=O)O. The summed E-state index contributed by atoms with van der Waals surface area (Å²) in [5.41, 5.74) is 4.43. The zero-order chi connectivity index (χ0) is 20.8. The first-order valence-corrected chi connectivity index (χ1v) is 9.56. The summed E-state index contributed by atoms with van der Waals surface area (Å²) in [4.78, 5) is 34.5. The van der Waals surface area contributed by atoms with Gasteiger partial charge in [-0.25, -0.2) is 9.59 Å². The van der Waals surface area contributed by atoms with Crippen LogP contribution < -0.4 is 10.6 Å². The molecule has 7 heteroatoms. The van der Waals surface area contributed by atoms with Crippen molar-refractivity contribution in [2.75, 3.05) is 13.2 Å². The number of alkyl carbamates (subject to hydrolysis) is 1. The van der Waals surface area contributed by atoms with Crippen molar-refractivity contribution in [2.24, 2.45) is 0 Å². The van der Waals surface area contributed by atoms with Crippen LogP contribution in [-0.2, 0) is 14.3 Å². The van der Waals surface area contributed by atoms with E-state index in [1.807, 2.05) is 48.5 Å². The third-order valence-corrected chi connectivity index (χ3v) is 4.98. The lowest BCUT2D eigenvalue weighted by Crippen LogP contribution is -2.41. The maximum Gasteiger partial charge on any atom is 0.407 e. The number of carbonyl (C=O) groups excluding carboxylic acids is 2. The van der Waals surface area contributed by atoms with E-state index in [2.05, 4.69) is 10.6 Å². The van der Waals surface area contributed by atoms with Crippen molar-refractivity contribution in [2.45, 2.75) is 31.7 Å². The number of aliphatic carboxylic acids is 1. The molecule has 0 spiro atoms. The number of fused-ring (bicyclic) bond motifs is 3. The quantitative estimate of drug-likeness (QED) is 0.595. The van der Waals surface area contributed by atoms with E-state index >= 15 is 0 Å². The number of ether oxygens (including phenoxy) is 1. The summed E-state index contributed by atoms with van der Waals surface area (Å²) in [6.07, 6.45) is -0.140. The molecule has 1 atom stereocenters. The second-order valence-corrected chi connectivity index (χ2v) is 6.99. The Morgan fingerprint density at radius 1 is 1.03 bits per heavy atom. The van der Waals surface area contributed by atoms with Crippen LogP contribution in [0.1, 0.15) is 36.8 Å². The lowest BCUT2D eigenvalue weighted by Gasteiger charge is -2.17. The van der Waals surface area contributed by atoms with Crippen LogP contribution in [0.4, 0.5) is 4.79 Å². The highest BCUT2D eigenvalue weighted by atomic mass is 16.5. The van der Waals surface area contributed by atoms with Crippen molar-refractivity contribution in [3.05, 3.63) is 59.7 Å². The number of hydrogen-bond donors (Lipinski definition) is 3. The summed E-state index contributed by atoms with van der Waals surface area (Å²) in [7, 11) is 0. The van der Waals surface area contributed by atoms with Crippen LogP contribution >= 0.6 is 0 Å².